The highest BCUT2D eigenvalue weighted by molar-refractivity contribution is 5.95. The topological polar surface area (TPSA) is 111 Å². The van der Waals surface area contributed by atoms with Crippen LogP contribution >= 0.6 is 0 Å². The molecular formula is C22H28N2O6. The number of ether oxygens (including phenoxy) is 2. The molecule has 0 spiro atoms. The summed E-state index contributed by atoms with van der Waals surface area (Å²) >= 11 is 0. The average molecular weight is 416 g/mol. The van der Waals surface area contributed by atoms with Crippen LogP contribution in [0.25, 0.3) is 0 Å². The number of benzene rings is 1. The predicted molar refractivity (Wildman–Crippen MR) is 108 cm³/mol. The zero-order valence-electron chi connectivity index (χ0n) is 17.3. The molecule has 2 aliphatic carbocycles. The van der Waals surface area contributed by atoms with E-state index in [9.17, 15) is 19.2 Å². The highest BCUT2D eigenvalue weighted by Crippen LogP contribution is 2.32. The Morgan fingerprint density at radius 2 is 1.10 bits per heavy atom. The number of rotatable bonds is 10. The average Bonchev–Trinajstić information content (AvgIpc) is 3.62. The first-order valence-corrected chi connectivity index (χ1v) is 10.4. The third-order valence-electron chi connectivity index (χ3n) is 5.46. The molecule has 1 aromatic carbocycles. The summed E-state index contributed by atoms with van der Waals surface area (Å²) in [5, 5.41) is 5.61. The summed E-state index contributed by atoms with van der Waals surface area (Å²) in [5.74, 6) is -0.945. The van der Waals surface area contributed by atoms with Gasteiger partial charge in [-0.3, -0.25) is 9.59 Å². The number of amides is 2. The van der Waals surface area contributed by atoms with Crippen LogP contribution in [0.15, 0.2) is 24.3 Å². The van der Waals surface area contributed by atoms with Crippen LogP contribution in [0, 0.1) is 11.8 Å². The Bertz CT molecular complexity index is 731. The van der Waals surface area contributed by atoms with Crippen LogP contribution < -0.4 is 10.6 Å². The highest BCUT2D eigenvalue weighted by atomic mass is 16.5. The maximum Gasteiger partial charge on any atom is 0.338 e. The van der Waals surface area contributed by atoms with Crippen molar-refractivity contribution in [3.63, 3.8) is 0 Å². The first kappa shape index (κ1) is 21.8. The Kier molecular flexibility index (Phi) is 7.07. The Balaban J connectivity index is 1.39. The lowest BCUT2D eigenvalue weighted by Gasteiger charge is -2.13. The van der Waals surface area contributed by atoms with Gasteiger partial charge in [0.25, 0.3) is 11.8 Å². The van der Waals surface area contributed by atoms with Gasteiger partial charge in [0.1, 0.15) is 0 Å². The normalized spacial score (nSPS) is 17.4. The molecule has 2 fully saturated rings. The summed E-state index contributed by atoms with van der Waals surface area (Å²) in [7, 11) is 0. The first-order chi connectivity index (χ1) is 14.3. The van der Waals surface area contributed by atoms with E-state index < -0.39 is 11.9 Å². The molecule has 0 aromatic heterocycles. The summed E-state index contributed by atoms with van der Waals surface area (Å²) in [4.78, 5) is 47.8. The molecule has 2 N–H and O–H groups in total. The standard InChI is InChI=1S/C22H28N2O6/c1-13(15-3-4-15)23-19(25)11-29-21(27)17-7-9-18(10-8-17)22(28)30-12-20(26)24-14(2)16-5-6-16/h7-10,13-16H,3-6,11-12H2,1-2H3,(H,23,25)(H,24,26)/t13-,14-/m0/s1. The lowest BCUT2D eigenvalue weighted by Crippen LogP contribution is -2.37. The molecule has 162 valence electrons. The SMILES string of the molecule is C[C@H](NC(=O)COC(=O)c1ccc(C(=O)OCC(=O)N[C@@H](C)C2CC2)cc1)C1CC1. The van der Waals surface area contributed by atoms with Crippen molar-refractivity contribution in [2.24, 2.45) is 11.8 Å². The molecule has 0 aliphatic heterocycles. The van der Waals surface area contributed by atoms with Gasteiger partial charge >= 0.3 is 11.9 Å². The van der Waals surface area contributed by atoms with E-state index in [4.69, 9.17) is 9.47 Å². The molecular weight excluding hydrogens is 388 g/mol. The van der Waals surface area contributed by atoms with E-state index >= 15 is 0 Å². The molecule has 8 heteroatoms. The third-order valence-corrected chi connectivity index (χ3v) is 5.46. The van der Waals surface area contributed by atoms with Crippen molar-refractivity contribution in [1.29, 1.82) is 0 Å². The van der Waals surface area contributed by atoms with Crippen molar-refractivity contribution in [1.82, 2.24) is 10.6 Å². The minimum Gasteiger partial charge on any atom is -0.452 e. The van der Waals surface area contributed by atoms with Crippen LogP contribution in [0.2, 0.25) is 0 Å². The van der Waals surface area contributed by atoms with Crippen molar-refractivity contribution >= 4 is 23.8 Å². The zero-order chi connectivity index (χ0) is 21.7. The molecule has 8 nitrogen and oxygen atoms in total. The quantitative estimate of drug-likeness (QED) is 0.563. The second-order valence-corrected chi connectivity index (χ2v) is 8.12. The van der Waals surface area contributed by atoms with Crippen molar-refractivity contribution in [3.05, 3.63) is 35.4 Å². The summed E-state index contributed by atoms with van der Waals surface area (Å²) in [6.07, 6.45) is 4.45. The maximum atomic E-state index is 12.1. The van der Waals surface area contributed by atoms with E-state index in [1.807, 2.05) is 13.8 Å². The van der Waals surface area contributed by atoms with Crippen LogP contribution in [0.1, 0.15) is 60.2 Å². The number of esters is 2. The fraction of sp³-hybridized carbons (Fsp3) is 0.545. The van der Waals surface area contributed by atoms with Gasteiger partial charge in [0, 0.05) is 12.1 Å². The lowest BCUT2D eigenvalue weighted by atomic mass is 10.1. The molecule has 0 unspecified atom stereocenters. The smallest absolute Gasteiger partial charge is 0.338 e. The van der Waals surface area contributed by atoms with Crippen LogP contribution in [0.3, 0.4) is 0 Å². The molecule has 1 aromatic rings. The largest absolute Gasteiger partial charge is 0.452 e. The third kappa shape index (κ3) is 6.57. The predicted octanol–water partition coefficient (Wildman–Crippen LogP) is 1.83. The minimum absolute atomic E-state index is 0.0838. The van der Waals surface area contributed by atoms with E-state index in [-0.39, 0.29) is 48.2 Å². The van der Waals surface area contributed by atoms with E-state index in [1.54, 1.807) is 0 Å². The van der Waals surface area contributed by atoms with Crippen molar-refractivity contribution < 1.29 is 28.7 Å². The maximum absolute atomic E-state index is 12.1. The van der Waals surface area contributed by atoms with Gasteiger partial charge in [-0.2, -0.15) is 0 Å². The minimum atomic E-state index is -0.655. The van der Waals surface area contributed by atoms with Gasteiger partial charge in [0.2, 0.25) is 0 Å². The van der Waals surface area contributed by atoms with E-state index in [0.717, 1.165) is 25.7 Å². The summed E-state index contributed by atoms with van der Waals surface area (Å²) in [5.41, 5.74) is 0.427. The van der Waals surface area contributed by atoms with Gasteiger partial charge in [0.05, 0.1) is 11.1 Å². The van der Waals surface area contributed by atoms with Gasteiger partial charge in [-0.15, -0.1) is 0 Å². The fourth-order valence-electron chi connectivity index (χ4n) is 3.19. The number of carbonyl (C=O) groups excluding carboxylic acids is 4. The second kappa shape index (κ2) is 9.73. The Morgan fingerprint density at radius 3 is 1.40 bits per heavy atom. The molecule has 0 heterocycles. The number of hydrogen-bond acceptors (Lipinski definition) is 6. The van der Waals surface area contributed by atoms with Crippen molar-refractivity contribution in [2.45, 2.75) is 51.6 Å². The molecule has 30 heavy (non-hydrogen) atoms. The number of carbonyl (C=O) groups is 4. The molecule has 0 bridgehead atoms. The van der Waals surface area contributed by atoms with Gasteiger partial charge < -0.3 is 20.1 Å². The molecule has 2 amide bonds. The fourth-order valence-corrected chi connectivity index (χ4v) is 3.19. The zero-order valence-corrected chi connectivity index (χ0v) is 17.3. The van der Waals surface area contributed by atoms with Gasteiger partial charge in [-0.05, 0) is 75.6 Å². The van der Waals surface area contributed by atoms with E-state index in [2.05, 4.69) is 10.6 Å². The van der Waals surface area contributed by atoms with Gasteiger partial charge in [-0.1, -0.05) is 0 Å². The molecule has 2 saturated carbocycles. The van der Waals surface area contributed by atoms with Crippen molar-refractivity contribution in [3.8, 4) is 0 Å². The Hall–Kier alpha value is -2.90. The Morgan fingerprint density at radius 1 is 0.767 bits per heavy atom. The van der Waals surface area contributed by atoms with Crippen LogP contribution in [0.5, 0.6) is 0 Å². The monoisotopic (exact) mass is 416 g/mol. The molecule has 3 rings (SSSR count). The lowest BCUT2D eigenvalue weighted by molar-refractivity contribution is -0.125. The van der Waals surface area contributed by atoms with E-state index in [0.29, 0.717) is 11.8 Å². The van der Waals surface area contributed by atoms with Crippen LogP contribution in [-0.2, 0) is 19.1 Å². The van der Waals surface area contributed by atoms with Crippen molar-refractivity contribution in [2.75, 3.05) is 13.2 Å². The highest BCUT2D eigenvalue weighted by Gasteiger charge is 2.29. The molecule has 2 aliphatic rings. The second-order valence-electron chi connectivity index (χ2n) is 8.12. The molecule has 2 atom stereocenters. The summed E-state index contributed by atoms with van der Waals surface area (Å²) in [6.45, 7) is 3.17. The molecule has 0 saturated heterocycles. The van der Waals surface area contributed by atoms with Crippen LogP contribution in [-0.4, -0.2) is 49.1 Å². The number of nitrogens with one attached hydrogen (secondary N) is 2. The summed E-state index contributed by atoms with van der Waals surface area (Å²) < 4.78 is 10.0. The van der Waals surface area contributed by atoms with Crippen LogP contribution in [0.4, 0.5) is 0 Å². The van der Waals surface area contributed by atoms with Gasteiger partial charge in [0.15, 0.2) is 13.2 Å². The molecule has 0 radical (unpaired) electrons. The first-order valence-electron chi connectivity index (χ1n) is 10.4. The number of hydrogen-bond donors (Lipinski definition) is 2. The van der Waals surface area contributed by atoms with Gasteiger partial charge in [-0.25, -0.2) is 9.59 Å². The van der Waals surface area contributed by atoms with E-state index in [1.165, 1.54) is 24.3 Å². The summed E-state index contributed by atoms with van der Waals surface area (Å²) in [6, 6.07) is 5.83. The Labute approximate surface area is 175 Å².